The van der Waals surface area contributed by atoms with Crippen molar-refractivity contribution in [3.8, 4) is 0 Å². The van der Waals surface area contributed by atoms with E-state index in [2.05, 4.69) is 28.9 Å². The molecule has 0 unspecified atom stereocenters. The minimum Gasteiger partial charge on any atom is -0.370 e. The Bertz CT molecular complexity index is 336. The average Bonchev–Trinajstić information content (AvgIpc) is 2.15. The number of carbonyl (C=O) groups is 1. The standard InChI is InChI=1S/C11H14BrNO/c1-2-8-7-10(12)5-3-9(8)4-6-11(13)14/h3,5,7H,2,4,6H2,1H3,(H2,13,14). The number of benzene rings is 1. The molecule has 0 bridgehead atoms. The van der Waals surface area contributed by atoms with E-state index in [0.717, 1.165) is 17.3 Å². The summed E-state index contributed by atoms with van der Waals surface area (Å²) >= 11 is 3.43. The maximum atomic E-state index is 10.7. The van der Waals surface area contributed by atoms with Gasteiger partial charge >= 0.3 is 0 Å². The highest BCUT2D eigenvalue weighted by molar-refractivity contribution is 9.10. The third kappa shape index (κ3) is 3.14. The number of rotatable bonds is 4. The predicted octanol–water partition coefficient (Wildman–Crippen LogP) is 2.43. The molecule has 76 valence electrons. The molecular formula is C11H14BrNO. The van der Waals surface area contributed by atoms with E-state index in [-0.39, 0.29) is 5.91 Å². The molecule has 1 aromatic rings. The number of amides is 1. The Balaban J connectivity index is 2.80. The predicted molar refractivity (Wildman–Crippen MR) is 61.0 cm³/mol. The van der Waals surface area contributed by atoms with E-state index in [9.17, 15) is 4.79 Å². The first kappa shape index (κ1) is 11.2. The number of halogens is 1. The molecule has 14 heavy (non-hydrogen) atoms. The minimum atomic E-state index is -0.241. The Hall–Kier alpha value is -0.830. The molecule has 1 rings (SSSR count). The minimum absolute atomic E-state index is 0.241. The van der Waals surface area contributed by atoms with Gasteiger partial charge in [-0.3, -0.25) is 4.79 Å². The maximum Gasteiger partial charge on any atom is 0.217 e. The van der Waals surface area contributed by atoms with Gasteiger partial charge in [0.2, 0.25) is 5.91 Å². The molecule has 1 amide bonds. The summed E-state index contributed by atoms with van der Waals surface area (Å²) in [6, 6.07) is 6.14. The van der Waals surface area contributed by atoms with Gasteiger partial charge in [0, 0.05) is 10.9 Å². The van der Waals surface area contributed by atoms with Crippen molar-refractivity contribution in [2.45, 2.75) is 26.2 Å². The van der Waals surface area contributed by atoms with Gasteiger partial charge in [-0.2, -0.15) is 0 Å². The van der Waals surface area contributed by atoms with E-state index in [1.807, 2.05) is 12.1 Å². The molecule has 0 spiro atoms. The molecule has 0 aliphatic carbocycles. The van der Waals surface area contributed by atoms with Crippen LogP contribution in [0, 0.1) is 0 Å². The van der Waals surface area contributed by atoms with Gasteiger partial charge < -0.3 is 5.73 Å². The van der Waals surface area contributed by atoms with E-state index in [1.54, 1.807) is 0 Å². The van der Waals surface area contributed by atoms with Crippen molar-refractivity contribution in [2.75, 3.05) is 0 Å². The van der Waals surface area contributed by atoms with Crippen molar-refractivity contribution in [3.63, 3.8) is 0 Å². The zero-order valence-corrected chi connectivity index (χ0v) is 9.80. The van der Waals surface area contributed by atoms with Crippen LogP contribution in [0.3, 0.4) is 0 Å². The molecule has 0 aromatic heterocycles. The van der Waals surface area contributed by atoms with Crippen LogP contribution < -0.4 is 5.73 Å². The number of carbonyl (C=O) groups excluding carboxylic acids is 1. The molecule has 0 saturated heterocycles. The third-order valence-corrected chi connectivity index (χ3v) is 2.68. The molecule has 0 aliphatic rings. The summed E-state index contributed by atoms with van der Waals surface area (Å²) in [5.41, 5.74) is 7.61. The lowest BCUT2D eigenvalue weighted by molar-refractivity contribution is -0.117. The summed E-state index contributed by atoms with van der Waals surface area (Å²) in [6.07, 6.45) is 2.15. The molecule has 3 heteroatoms. The highest BCUT2D eigenvalue weighted by Crippen LogP contribution is 2.18. The Morgan fingerprint density at radius 2 is 2.14 bits per heavy atom. The van der Waals surface area contributed by atoms with Gasteiger partial charge in [-0.25, -0.2) is 0 Å². The second-order valence-electron chi connectivity index (χ2n) is 3.23. The number of hydrogen-bond acceptors (Lipinski definition) is 1. The van der Waals surface area contributed by atoms with E-state index in [0.29, 0.717) is 6.42 Å². The second-order valence-corrected chi connectivity index (χ2v) is 4.15. The van der Waals surface area contributed by atoms with Crippen molar-refractivity contribution < 1.29 is 4.79 Å². The number of hydrogen-bond donors (Lipinski definition) is 1. The maximum absolute atomic E-state index is 10.7. The van der Waals surface area contributed by atoms with Crippen LogP contribution in [0.1, 0.15) is 24.5 Å². The number of primary amides is 1. The molecule has 2 N–H and O–H groups in total. The first-order valence-electron chi connectivity index (χ1n) is 4.69. The van der Waals surface area contributed by atoms with Crippen LogP contribution in [0.2, 0.25) is 0 Å². The van der Waals surface area contributed by atoms with Crippen LogP contribution in [0.5, 0.6) is 0 Å². The SMILES string of the molecule is CCc1cc(Br)ccc1CCC(N)=O. The monoisotopic (exact) mass is 255 g/mol. The zero-order valence-electron chi connectivity index (χ0n) is 8.22. The smallest absolute Gasteiger partial charge is 0.217 e. The van der Waals surface area contributed by atoms with Gasteiger partial charge in [-0.1, -0.05) is 28.9 Å². The fourth-order valence-corrected chi connectivity index (χ4v) is 1.83. The Labute approximate surface area is 92.6 Å². The Kier molecular flexibility index (Phi) is 4.14. The van der Waals surface area contributed by atoms with E-state index >= 15 is 0 Å². The van der Waals surface area contributed by atoms with Crippen LogP contribution in [-0.4, -0.2) is 5.91 Å². The quantitative estimate of drug-likeness (QED) is 0.883. The second kappa shape index (κ2) is 5.15. The van der Waals surface area contributed by atoms with Gasteiger partial charge in [0.15, 0.2) is 0 Å². The molecule has 0 saturated carbocycles. The molecular weight excluding hydrogens is 242 g/mol. The fraction of sp³-hybridized carbons (Fsp3) is 0.364. The summed E-state index contributed by atoms with van der Waals surface area (Å²) in [5, 5.41) is 0. The molecule has 2 nitrogen and oxygen atoms in total. The van der Waals surface area contributed by atoms with Crippen molar-refractivity contribution in [2.24, 2.45) is 5.73 Å². The van der Waals surface area contributed by atoms with Crippen molar-refractivity contribution in [1.29, 1.82) is 0 Å². The van der Waals surface area contributed by atoms with Crippen LogP contribution in [-0.2, 0) is 17.6 Å². The van der Waals surface area contributed by atoms with Crippen LogP contribution in [0.4, 0.5) is 0 Å². The summed E-state index contributed by atoms with van der Waals surface area (Å²) in [7, 11) is 0. The molecule has 0 heterocycles. The topological polar surface area (TPSA) is 43.1 Å². The highest BCUT2D eigenvalue weighted by atomic mass is 79.9. The lowest BCUT2D eigenvalue weighted by Crippen LogP contribution is -2.11. The molecule has 0 atom stereocenters. The first-order valence-corrected chi connectivity index (χ1v) is 5.48. The summed E-state index contributed by atoms with van der Waals surface area (Å²) in [4.78, 5) is 10.7. The van der Waals surface area contributed by atoms with Crippen molar-refractivity contribution >= 4 is 21.8 Å². The molecule has 0 aliphatic heterocycles. The number of aryl methyl sites for hydroxylation is 2. The third-order valence-electron chi connectivity index (χ3n) is 2.19. The summed E-state index contributed by atoms with van der Waals surface area (Å²) in [5.74, 6) is -0.241. The van der Waals surface area contributed by atoms with Crippen LogP contribution >= 0.6 is 15.9 Å². The van der Waals surface area contributed by atoms with Crippen molar-refractivity contribution in [1.82, 2.24) is 0 Å². The molecule has 1 aromatic carbocycles. The normalized spacial score (nSPS) is 10.1. The Morgan fingerprint density at radius 1 is 1.43 bits per heavy atom. The Morgan fingerprint density at radius 3 is 2.71 bits per heavy atom. The highest BCUT2D eigenvalue weighted by Gasteiger charge is 2.03. The number of nitrogens with two attached hydrogens (primary N) is 1. The van der Waals surface area contributed by atoms with E-state index < -0.39 is 0 Å². The van der Waals surface area contributed by atoms with E-state index in [4.69, 9.17) is 5.73 Å². The summed E-state index contributed by atoms with van der Waals surface area (Å²) in [6.45, 7) is 2.11. The van der Waals surface area contributed by atoms with Gasteiger partial charge in [-0.05, 0) is 36.1 Å². The van der Waals surface area contributed by atoms with Crippen LogP contribution in [0.15, 0.2) is 22.7 Å². The lowest BCUT2D eigenvalue weighted by Gasteiger charge is -2.06. The van der Waals surface area contributed by atoms with Gasteiger partial charge in [-0.15, -0.1) is 0 Å². The van der Waals surface area contributed by atoms with E-state index in [1.165, 1.54) is 11.1 Å². The average molecular weight is 256 g/mol. The van der Waals surface area contributed by atoms with Crippen LogP contribution in [0.25, 0.3) is 0 Å². The van der Waals surface area contributed by atoms with Gasteiger partial charge in [0.1, 0.15) is 0 Å². The lowest BCUT2D eigenvalue weighted by atomic mass is 10.0. The van der Waals surface area contributed by atoms with Gasteiger partial charge in [0.25, 0.3) is 0 Å². The van der Waals surface area contributed by atoms with Crippen molar-refractivity contribution in [3.05, 3.63) is 33.8 Å². The first-order chi connectivity index (χ1) is 6.63. The largest absolute Gasteiger partial charge is 0.370 e. The molecule has 0 radical (unpaired) electrons. The van der Waals surface area contributed by atoms with Gasteiger partial charge in [0.05, 0.1) is 0 Å². The fourth-order valence-electron chi connectivity index (χ4n) is 1.43. The zero-order chi connectivity index (χ0) is 10.6. The summed E-state index contributed by atoms with van der Waals surface area (Å²) < 4.78 is 1.08. The molecule has 0 fully saturated rings.